The third-order valence-electron chi connectivity index (χ3n) is 6.08. The number of carbonyl (C=O) groups is 2. The van der Waals surface area contributed by atoms with Crippen LogP contribution in [0.4, 0.5) is 15.9 Å². The van der Waals surface area contributed by atoms with Gasteiger partial charge in [0.05, 0.1) is 11.1 Å². The molecule has 0 spiro atoms. The molecule has 1 aliphatic heterocycles. The van der Waals surface area contributed by atoms with E-state index in [1.165, 1.54) is 12.1 Å². The summed E-state index contributed by atoms with van der Waals surface area (Å²) < 4.78 is 13.9. The van der Waals surface area contributed by atoms with Crippen molar-refractivity contribution in [2.45, 2.75) is 26.2 Å². The maximum absolute atomic E-state index is 13.9. The molecule has 0 atom stereocenters. The Kier molecular flexibility index (Phi) is 5.42. The molecule has 0 fully saturated rings. The normalized spacial score (nSPS) is 16.7. The number of fused-ring (bicyclic) bond motifs is 2. The second kappa shape index (κ2) is 8.54. The molecule has 0 saturated heterocycles. The summed E-state index contributed by atoms with van der Waals surface area (Å²) in [6, 6.07) is 9.92. The molecule has 2 aromatic heterocycles. The molecule has 0 saturated carbocycles. The van der Waals surface area contributed by atoms with Gasteiger partial charge in [-0.3, -0.25) is 9.59 Å². The number of halogens is 1. The van der Waals surface area contributed by atoms with Crippen molar-refractivity contribution in [3.05, 3.63) is 76.5 Å². The molecule has 0 radical (unpaired) electrons. The number of benzene rings is 1. The fourth-order valence-corrected chi connectivity index (χ4v) is 4.67. The number of nitrogens with zero attached hydrogens (tertiary/aromatic N) is 1. The Morgan fingerprint density at radius 2 is 2.06 bits per heavy atom. The number of rotatable bonds is 5. The molecule has 2 aliphatic rings. The Morgan fingerprint density at radius 1 is 1.18 bits per heavy atom. The summed E-state index contributed by atoms with van der Waals surface area (Å²) in [5, 5.41) is 8.96. The number of amides is 2. The van der Waals surface area contributed by atoms with Gasteiger partial charge in [0.25, 0.3) is 11.8 Å². The highest BCUT2D eigenvalue weighted by Gasteiger charge is 2.33. The first kappa shape index (κ1) is 20.9. The zero-order valence-electron chi connectivity index (χ0n) is 18.2. The SMILES string of the molecule is Cc1[nH]c2c(c1C(=O)NCCNc1ccccn1)CCC/C2=C1/C(=O)Nc2ccc(F)cc21. The molecule has 8 heteroatoms. The van der Waals surface area contributed by atoms with Crippen molar-refractivity contribution < 1.29 is 14.0 Å². The summed E-state index contributed by atoms with van der Waals surface area (Å²) in [6.07, 6.45) is 3.94. The number of nitrogens with one attached hydrogen (secondary N) is 4. The first-order valence-corrected chi connectivity index (χ1v) is 11.0. The van der Waals surface area contributed by atoms with Crippen LogP contribution in [0.1, 0.15) is 45.7 Å². The zero-order chi connectivity index (χ0) is 22.9. The van der Waals surface area contributed by atoms with Crippen LogP contribution in [0.3, 0.4) is 0 Å². The van der Waals surface area contributed by atoms with Crippen LogP contribution in [0.15, 0.2) is 42.6 Å². The molecular formula is C25H24FN5O2. The lowest BCUT2D eigenvalue weighted by Gasteiger charge is -2.18. The van der Waals surface area contributed by atoms with Crippen molar-refractivity contribution in [3.8, 4) is 0 Å². The number of hydrogen-bond acceptors (Lipinski definition) is 4. The molecule has 0 bridgehead atoms. The van der Waals surface area contributed by atoms with E-state index in [9.17, 15) is 14.0 Å². The Morgan fingerprint density at radius 3 is 2.88 bits per heavy atom. The number of aromatic amines is 1. The van der Waals surface area contributed by atoms with Crippen molar-refractivity contribution in [3.63, 3.8) is 0 Å². The van der Waals surface area contributed by atoms with E-state index in [2.05, 4.69) is 25.9 Å². The van der Waals surface area contributed by atoms with Crippen LogP contribution in [-0.4, -0.2) is 34.9 Å². The number of carbonyl (C=O) groups excluding carboxylic acids is 2. The van der Waals surface area contributed by atoms with E-state index in [1.807, 2.05) is 25.1 Å². The summed E-state index contributed by atoms with van der Waals surface area (Å²) in [4.78, 5) is 33.3. The highest BCUT2D eigenvalue weighted by molar-refractivity contribution is 6.36. The third-order valence-corrected chi connectivity index (χ3v) is 6.08. The standard InChI is InChI=1S/C25H24FN5O2/c1-14-21(24(32)29-12-11-28-20-7-2-3-10-27-20)16-5-4-6-17(23(16)30-14)22-18-13-15(26)8-9-19(18)31-25(22)33/h2-3,7-10,13,30H,4-6,11-12H2,1H3,(H,27,28)(H,29,32)(H,31,33)/b22-17-. The monoisotopic (exact) mass is 445 g/mol. The van der Waals surface area contributed by atoms with Gasteiger partial charge in [0.2, 0.25) is 0 Å². The summed E-state index contributed by atoms with van der Waals surface area (Å²) in [6.45, 7) is 2.86. The van der Waals surface area contributed by atoms with Gasteiger partial charge in [-0.2, -0.15) is 0 Å². The van der Waals surface area contributed by atoms with Gasteiger partial charge in [0.1, 0.15) is 11.6 Å². The topological polar surface area (TPSA) is 98.9 Å². The Labute approximate surface area is 190 Å². The van der Waals surface area contributed by atoms with Gasteiger partial charge in [0, 0.05) is 41.9 Å². The van der Waals surface area contributed by atoms with Gasteiger partial charge < -0.3 is 20.9 Å². The molecule has 4 N–H and O–H groups in total. The summed E-state index contributed by atoms with van der Waals surface area (Å²) in [5.74, 6) is -0.0232. The number of aryl methyl sites for hydroxylation is 1. The molecular weight excluding hydrogens is 421 g/mol. The number of hydrogen-bond donors (Lipinski definition) is 4. The molecule has 1 aromatic carbocycles. The number of allylic oxidation sites excluding steroid dienone is 1. The largest absolute Gasteiger partial charge is 0.368 e. The minimum absolute atomic E-state index is 0.151. The minimum Gasteiger partial charge on any atom is -0.368 e. The van der Waals surface area contributed by atoms with Crippen molar-refractivity contribution in [2.24, 2.45) is 0 Å². The van der Waals surface area contributed by atoms with E-state index in [4.69, 9.17) is 0 Å². The molecule has 3 aromatic rings. The molecule has 5 rings (SSSR count). The van der Waals surface area contributed by atoms with Gasteiger partial charge in [-0.25, -0.2) is 9.37 Å². The van der Waals surface area contributed by atoms with E-state index in [1.54, 1.807) is 12.3 Å². The summed E-state index contributed by atoms with van der Waals surface area (Å²) >= 11 is 0. The molecule has 0 unspecified atom stereocenters. The Balaban J connectivity index is 1.40. The lowest BCUT2D eigenvalue weighted by molar-refractivity contribution is -0.110. The average molecular weight is 445 g/mol. The number of H-pyrrole nitrogens is 1. The smallest absolute Gasteiger partial charge is 0.256 e. The van der Waals surface area contributed by atoms with E-state index < -0.39 is 0 Å². The quantitative estimate of drug-likeness (QED) is 0.354. The first-order valence-electron chi connectivity index (χ1n) is 11.0. The highest BCUT2D eigenvalue weighted by atomic mass is 19.1. The molecule has 33 heavy (non-hydrogen) atoms. The second-order valence-electron chi connectivity index (χ2n) is 8.23. The van der Waals surface area contributed by atoms with Gasteiger partial charge in [0.15, 0.2) is 0 Å². The average Bonchev–Trinajstić information content (AvgIpc) is 3.32. The molecule has 168 valence electrons. The van der Waals surface area contributed by atoms with Crippen LogP contribution in [-0.2, 0) is 11.2 Å². The van der Waals surface area contributed by atoms with Crippen molar-refractivity contribution in [2.75, 3.05) is 23.7 Å². The lowest BCUT2D eigenvalue weighted by Crippen LogP contribution is -2.30. The van der Waals surface area contributed by atoms with Crippen LogP contribution >= 0.6 is 0 Å². The fraction of sp³-hybridized carbons (Fsp3) is 0.240. The van der Waals surface area contributed by atoms with Gasteiger partial charge in [-0.05, 0) is 67.7 Å². The van der Waals surface area contributed by atoms with Gasteiger partial charge in [-0.15, -0.1) is 0 Å². The third kappa shape index (κ3) is 3.88. The molecule has 2 amide bonds. The van der Waals surface area contributed by atoms with Gasteiger partial charge >= 0.3 is 0 Å². The van der Waals surface area contributed by atoms with Crippen molar-refractivity contribution in [1.29, 1.82) is 0 Å². The van der Waals surface area contributed by atoms with E-state index in [0.29, 0.717) is 41.9 Å². The predicted molar refractivity (Wildman–Crippen MR) is 125 cm³/mol. The second-order valence-corrected chi connectivity index (χ2v) is 8.23. The maximum Gasteiger partial charge on any atom is 0.256 e. The Bertz CT molecular complexity index is 1280. The Hall–Kier alpha value is -3.94. The number of pyridine rings is 1. The van der Waals surface area contributed by atoms with Crippen molar-refractivity contribution in [1.82, 2.24) is 15.3 Å². The summed E-state index contributed by atoms with van der Waals surface area (Å²) in [5.41, 5.74) is 5.59. The first-order chi connectivity index (χ1) is 16.0. The van der Waals surface area contributed by atoms with Crippen LogP contribution < -0.4 is 16.0 Å². The van der Waals surface area contributed by atoms with Crippen LogP contribution in [0.25, 0.3) is 11.1 Å². The minimum atomic E-state index is -0.388. The zero-order valence-corrected chi connectivity index (χ0v) is 18.2. The number of aromatic nitrogens is 2. The van der Waals surface area contributed by atoms with E-state index >= 15 is 0 Å². The summed E-state index contributed by atoms with van der Waals surface area (Å²) in [7, 11) is 0. The predicted octanol–water partition coefficient (Wildman–Crippen LogP) is 3.90. The number of anilines is 2. The van der Waals surface area contributed by atoms with Crippen LogP contribution in [0.5, 0.6) is 0 Å². The van der Waals surface area contributed by atoms with Gasteiger partial charge in [-0.1, -0.05) is 6.07 Å². The molecule has 1 aliphatic carbocycles. The van der Waals surface area contributed by atoms with E-state index in [-0.39, 0.29) is 17.6 Å². The lowest BCUT2D eigenvalue weighted by atomic mass is 9.86. The van der Waals surface area contributed by atoms with Crippen LogP contribution in [0, 0.1) is 12.7 Å². The highest BCUT2D eigenvalue weighted by Crippen LogP contribution is 2.43. The molecule has 3 heterocycles. The van der Waals surface area contributed by atoms with Crippen LogP contribution in [0.2, 0.25) is 0 Å². The fourth-order valence-electron chi connectivity index (χ4n) is 4.67. The maximum atomic E-state index is 13.9. The molecule has 7 nitrogen and oxygen atoms in total. The van der Waals surface area contributed by atoms with Crippen molar-refractivity contribution >= 4 is 34.5 Å². The van der Waals surface area contributed by atoms with E-state index in [0.717, 1.165) is 41.2 Å².